The molecule has 0 bridgehead atoms. The second-order valence-corrected chi connectivity index (χ2v) is 6.79. The number of aromatic nitrogens is 2. The zero-order chi connectivity index (χ0) is 17.8. The van der Waals surface area contributed by atoms with Gasteiger partial charge in [0.1, 0.15) is 40.3 Å². The molecule has 25 heavy (non-hydrogen) atoms. The van der Waals surface area contributed by atoms with Gasteiger partial charge in [-0.1, -0.05) is 16.8 Å². The lowest BCUT2D eigenvalue weighted by molar-refractivity contribution is 0.0469. The van der Waals surface area contributed by atoms with Gasteiger partial charge in [-0.2, -0.15) is 0 Å². The molecule has 3 aromatic rings. The Hall–Kier alpha value is -2.38. The van der Waals surface area contributed by atoms with Gasteiger partial charge in [-0.25, -0.2) is 9.78 Å². The maximum absolute atomic E-state index is 12.2. The summed E-state index contributed by atoms with van der Waals surface area (Å²) in [5.41, 5.74) is 1.18. The van der Waals surface area contributed by atoms with E-state index in [0.717, 1.165) is 0 Å². The first-order valence-electron chi connectivity index (χ1n) is 7.45. The summed E-state index contributed by atoms with van der Waals surface area (Å²) >= 11 is 7.09. The fourth-order valence-corrected chi connectivity index (χ4v) is 3.07. The predicted octanol–water partition coefficient (Wildman–Crippen LogP) is 4.34. The second-order valence-electron chi connectivity index (χ2n) is 5.27. The normalized spacial score (nSPS) is 10.7. The summed E-state index contributed by atoms with van der Waals surface area (Å²) in [5, 5.41) is 5.12. The van der Waals surface area contributed by atoms with Gasteiger partial charge in [-0.15, -0.1) is 11.3 Å². The standard InChI is InChI=1S/C17H15ClN2O4S/c1-10-7-13(20-24-10)8-23-17(21)16-11(2)19-15(25-16)9-22-14-5-3-12(18)4-6-14/h3-7H,8-9H2,1-2H3. The second kappa shape index (κ2) is 7.67. The highest BCUT2D eigenvalue weighted by molar-refractivity contribution is 7.13. The number of rotatable bonds is 6. The minimum Gasteiger partial charge on any atom is -0.486 e. The third-order valence-corrected chi connectivity index (χ3v) is 4.59. The van der Waals surface area contributed by atoms with E-state index in [0.29, 0.717) is 37.8 Å². The zero-order valence-corrected chi connectivity index (χ0v) is 15.2. The van der Waals surface area contributed by atoms with Gasteiger partial charge < -0.3 is 14.0 Å². The first kappa shape index (κ1) is 17.4. The van der Waals surface area contributed by atoms with E-state index in [-0.39, 0.29) is 13.2 Å². The van der Waals surface area contributed by atoms with Crippen LogP contribution in [0.25, 0.3) is 0 Å². The molecule has 1 aromatic carbocycles. The van der Waals surface area contributed by atoms with Gasteiger partial charge in [0.15, 0.2) is 0 Å². The van der Waals surface area contributed by atoms with Gasteiger partial charge in [0.25, 0.3) is 0 Å². The molecule has 0 N–H and O–H groups in total. The Labute approximate surface area is 153 Å². The maximum Gasteiger partial charge on any atom is 0.350 e. The highest BCUT2D eigenvalue weighted by Gasteiger charge is 2.17. The van der Waals surface area contributed by atoms with Gasteiger partial charge in [0.2, 0.25) is 0 Å². The highest BCUT2D eigenvalue weighted by atomic mass is 35.5. The molecule has 0 fully saturated rings. The molecule has 3 rings (SSSR count). The number of hydrogen-bond acceptors (Lipinski definition) is 7. The number of esters is 1. The van der Waals surface area contributed by atoms with Crippen LogP contribution in [0.5, 0.6) is 5.75 Å². The summed E-state index contributed by atoms with van der Waals surface area (Å²) in [6.45, 7) is 3.87. The SMILES string of the molecule is Cc1cc(COC(=O)c2sc(COc3ccc(Cl)cc3)nc2C)no1. The molecule has 0 aliphatic rings. The van der Waals surface area contributed by atoms with Gasteiger partial charge in [0, 0.05) is 11.1 Å². The van der Waals surface area contributed by atoms with E-state index in [2.05, 4.69) is 10.1 Å². The van der Waals surface area contributed by atoms with Crippen molar-refractivity contribution < 1.29 is 18.8 Å². The third-order valence-electron chi connectivity index (χ3n) is 3.23. The van der Waals surface area contributed by atoms with E-state index < -0.39 is 5.97 Å². The van der Waals surface area contributed by atoms with Crippen molar-refractivity contribution in [3.8, 4) is 5.75 Å². The molecule has 130 valence electrons. The van der Waals surface area contributed by atoms with Crippen molar-refractivity contribution in [1.29, 1.82) is 0 Å². The fraction of sp³-hybridized carbons (Fsp3) is 0.235. The molecular weight excluding hydrogens is 364 g/mol. The van der Waals surface area contributed by atoms with Crippen molar-refractivity contribution in [3.05, 3.63) is 62.4 Å². The quantitative estimate of drug-likeness (QED) is 0.594. The molecule has 0 amide bonds. The lowest BCUT2D eigenvalue weighted by atomic mass is 10.3. The Morgan fingerprint density at radius 3 is 2.68 bits per heavy atom. The number of carbonyl (C=O) groups is 1. The Morgan fingerprint density at radius 1 is 1.24 bits per heavy atom. The topological polar surface area (TPSA) is 74.5 Å². The van der Waals surface area contributed by atoms with Crippen molar-refractivity contribution in [3.63, 3.8) is 0 Å². The van der Waals surface area contributed by atoms with Crippen LogP contribution in [0.3, 0.4) is 0 Å². The molecule has 8 heteroatoms. The molecule has 0 atom stereocenters. The number of hydrogen-bond donors (Lipinski definition) is 0. The molecule has 0 spiro atoms. The maximum atomic E-state index is 12.2. The lowest BCUT2D eigenvalue weighted by Crippen LogP contribution is -2.05. The number of carbonyl (C=O) groups excluding carboxylic acids is 1. The Morgan fingerprint density at radius 2 is 2.00 bits per heavy atom. The van der Waals surface area contributed by atoms with Crippen LogP contribution in [-0.2, 0) is 18.0 Å². The van der Waals surface area contributed by atoms with E-state index in [1.807, 2.05) is 0 Å². The summed E-state index contributed by atoms with van der Waals surface area (Å²) in [5.74, 6) is 0.915. The molecule has 2 aromatic heterocycles. The molecule has 0 saturated heterocycles. The average molecular weight is 379 g/mol. The van der Waals surface area contributed by atoms with Crippen molar-refractivity contribution in [2.24, 2.45) is 0 Å². The summed E-state index contributed by atoms with van der Waals surface area (Å²) in [6, 6.07) is 8.77. The fourth-order valence-electron chi connectivity index (χ4n) is 2.07. The minimum atomic E-state index is -0.437. The van der Waals surface area contributed by atoms with Crippen LogP contribution in [0.2, 0.25) is 5.02 Å². The number of halogens is 1. The van der Waals surface area contributed by atoms with E-state index in [9.17, 15) is 4.79 Å². The highest BCUT2D eigenvalue weighted by Crippen LogP contribution is 2.22. The Balaban J connectivity index is 1.59. The molecule has 0 aliphatic carbocycles. The van der Waals surface area contributed by atoms with Crippen LogP contribution >= 0.6 is 22.9 Å². The monoisotopic (exact) mass is 378 g/mol. The third kappa shape index (κ3) is 4.58. The summed E-state index contributed by atoms with van der Waals surface area (Å²) in [7, 11) is 0. The Bertz CT molecular complexity index is 873. The molecule has 0 unspecified atom stereocenters. The molecule has 0 aliphatic heterocycles. The van der Waals surface area contributed by atoms with Crippen molar-refractivity contribution >= 4 is 28.9 Å². The van der Waals surface area contributed by atoms with Crippen LogP contribution < -0.4 is 4.74 Å². The smallest absolute Gasteiger partial charge is 0.350 e. The lowest BCUT2D eigenvalue weighted by Gasteiger charge is -2.03. The van der Waals surface area contributed by atoms with Crippen LogP contribution in [0, 0.1) is 13.8 Å². The minimum absolute atomic E-state index is 0.0596. The summed E-state index contributed by atoms with van der Waals surface area (Å²) in [4.78, 5) is 17.0. The number of nitrogens with zero attached hydrogens (tertiary/aromatic N) is 2. The molecule has 6 nitrogen and oxygen atoms in total. The number of ether oxygens (including phenoxy) is 2. The van der Waals surface area contributed by atoms with Gasteiger partial charge >= 0.3 is 5.97 Å². The van der Waals surface area contributed by atoms with Gasteiger partial charge in [-0.3, -0.25) is 0 Å². The van der Waals surface area contributed by atoms with Crippen LogP contribution in [0.15, 0.2) is 34.9 Å². The van der Waals surface area contributed by atoms with E-state index in [4.69, 9.17) is 25.6 Å². The summed E-state index contributed by atoms with van der Waals surface area (Å²) < 4.78 is 15.8. The number of benzene rings is 1. The van der Waals surface area contributed by atoms with E-state index in [1.54, 1.807) is 44.2 Å². The van der Waals surface area contributed by atoms with Crippen molar-refractivity contribution in [1.82, 2.24) is 10.1 Å². The molecule has 2 heterocycles. The van der Waals surface area contributed by atoms with Crippen molar-refractivity contribution in [2.45, 2.75) is 27.1 Å². The van der Waals surface area contributed by atoms with Crippen molar-refractivity contribution in [2.75, 3.05) is 0 Å². The van der Waals surface area contributed by atoms with Crippen LogP contribution in [0.4, 0.5) is 0 Å². The molecule has 0 saturated carbocycles. The predicted molar refractivity (Wildman–Crippen MR) is 93.0 cm³/mol. The first-order valence-corrected chi connectivity index (χ1v) is 8.64. The number of aryl methyl sites for hydroxylation is 2. The largest absolute Gasteiger partial charge is 0.486 e. The van der Waals surface area contributed by atoms with E-state index in [1.165, 1.54) is 11.3 Å². The molecule has 0 radical (unpaired) electrons. The molecular formula is C17H15ClN2O4S. The Kier molecular flexibility index (Phi) is 5.35. The van der Waals surface area contributed by atoms with E-state index >= 15 is 0 Å². The van der Waals surface area contributed by atoms with Gasteiger partial charge in [0.05, 0.1) is 5.69 Å². The zero-order valence-electron chi connectivity index (χ0n) is 13.6. The first-order chi connectivity index (χ1) is 12.0. The average Bonchev–Trinajstić information content (AvgIpc) is 3.18. The van der Waals surface area contributed by atoms with Crippen LogP contribution in [-0.4, -0.2) is 16.1 Å². The number of thiazole rings is 1. The van der Waals surface area contributed by atoms with Crippen LogP contribution in [0.1, 0.15) is 31.8 Å². The summed E-state index contributed by atoms with van der Waals surface area (Å²) in [6.07, 6.45) is 0. The van der Waals surface area contributed by atoms with Gasteiger partial charge in [-0.05, 0) is 38.1 Å².